The number of nitrogens with one attached hydrogen (secondary N) is 1. The minimum Gasteiger partial charge on any atom is -0.383 e. The lowest BCUT2D eigenvalue weighted by Gasteiger charge is -2.24. The number of alkyl halides is 2. The van der Waals surface area contributed by atoms with Crippen LogP contribution >= 0.6 is 0 Å². The molecule has 0 spiro atoms. The predicted molar refractivity (Wildman–Crippen MR) is 78.4 cm³/mol. The third-order valence-corrected chi connectivity index (χ3v) is 5.18. The van der Waals surface area contributed by atoms with Gasteiger partial charge in [0.15, 0.2) is 0 Å². The maximum absolute atomic E-state index is 12.4. The van der Waals surface area contributed by atoms with Crippen molar-refractivity contribution in [1.82, 2.24) is 4.90 Å². The first-order valence-corrected chi connectivity index (χ1v) is 8.56. The van der Waals surface area contributed by atoms with Crippen LogP contribution in [0.5, 0.6) is 0 Å². The molecule has 1 aliphatic rings. The average molecular weight is 318 g/mol. The zero-order chi connectivity index (χ0) is 15.5. The van der Waals surface area contributed by atoms with Crippen molar-refractivity contribution in [3.63, 3.8) is 0 Å². The van der Waals surface area contributed by atoms with Gasteiger partial charge in [0.25, 0.3) is 0 Å². The van der Waals surface area contributed by atoms with Crippen LogP contribution in [0.2, 0.25) is 0 Å². The number of likely N-dealkylation sites (tertiary alicyclic amines) is 1. The summed E-state index contributed by atoms with van der Waals surface area (Å²) < 4.78 is 47.4. The van der Waals surface area contributed by atoms with E-state index in [4.69, 9.17) is 0 Å². The number of anilines is 1. The molecule has 0 saturated carbocycles. The van der Waals surface area contributed by atoms with E-state index in [2.05, 4.69) is 17.1 Å². The molecule has 4 nitrogen and oxygen atoms in total. The highest BCUT2D eigenvalue weighted by atomic mass is 32.2. The quantitative estimate of drug-likeness (QED) is 0.876. The number of benzene rings is 1. The summed E-state index contributed by atoms with van der Waals surface area (Å²) in [6.07, 6.45) is 2.45. The number of halogens is 2. The first kappa shape index (κ1) is 16.2. The number of rotatable bonds is 6. The van der Waals surface area contributed by atoms with Crippen LogP contribution in [0.3, 0.4) is 0 Å². The van der Waals surface area contributed by atoms with Crippen molar-refractivity contribution >= 4 is 15.5 Å². The van der Waals surface area contributed by atoms with Crippen LogP contribution in [-0.4, -0.2) is 44.8 Å². The lowest BCUT2D eigenvalue weighted by Crippen LogP contribution is -2.35. The Kier molecular flexibility index (Phi) is 5.16. The van der Waals surface area contributed by atoms with Crippen molar-refractivity contribution in [2.24, 2.45) is 0 Å². The maximum atomic E-state index is 12.4. The molecule has 1 aromatic rings. The fourth-order valence-corrected chi connectivity index (χ4v) is 3.16. The van der Waals surface area contributed by atoms with Gasteiger partial charge in [-0.1, -0.05) is 0 Å². The Hall–Kier alpha value is -1.21. The Morgan fingerprint density at radius 3 is 2.29 bits per heavy atom. The van der Waals surface area contributed by atoms with E-state index in [1.165, 1.54) is 37.1 Å². The molecule has 0 aliphatic carbocycles. The second-order valence-electron chi connectivity index (χ2n) is 5.30. The third kappa shape index (κ3) is 3.91. The highest BCUT2D eigenvalue weighted by molar-refractivity contribution is 7.91. The molecule has 0 amide bonds. The fraction of sp³-hybridized carbons (Fsp3) is 0.571. The van der Waals surface area contributed by atoms with Gasteiger partial charge < -0.3 is 5.32 Å². The van der Waals surface area contributed by atoms with E-state index in [9.17, 15) is 17.2 Å². The van der Waals surface area contributed by atoms with Gasteiger partial charge in [-0.15, -0.1) is 0 Å². The normalized spacial score (nSPS) is 18.1. The molecule has 1 saturated heterocycles. The minimum absolute atomic E-state index is 0.351. The number of sulfone groups is 1. The van der Waals surface area contributed by atoms with Crippen LogP contribution in [0, 0.1) is 0 Å². The van der Waals surface area contributed by atoms with Gasteiger partial charge in [-0.3, -0.25) is 4.90 Å². The van der Waals surface area contributed by atoms with E-state index in [0.717, 1.165) is 25.3 Å². The van der Waals surface area contributed by atoms with Gasteiger partial charge >= 0.3 is 5.76 Å². The Balaban J connectivity index is 1.93. The van der Waals surface area contributed by atoms with E-state index < -0.39 is 15.6 Å². The Morgan fingerprint density at radius 1 is 1.19 bits per heavy atom. The smallest absolute Gasteiger partial charge is 0.341 e. The van der Waals surface area contributed by atoms with Gasteiger partial charge in [0.2, 0.25) is 9.84 Å². The molecule has 1 heterocycles. The van der Waals surface area contributed by atoms with Crippen LogP contribution in [0.4, 0.5) is 14.5 Å². The Labute approximate surface area is 124 Å². The predicted octanol–water partition coefficient (Wildman–Crippen LogP) is 2.58. The largest absolute Gasteiger partial charge is 0.383 e. The van der Waals surface area contributed by atoms with Crippen molar-refractivity contribution in [2.45, 2.75) is 36.5 Å². The lowest BCUT2D eigenvalue weighted by atomic mass is 10.2. The van der Waals surface area contributed by atoms with Gasteiger partial charge in [-0.2, -0.15) is 8.78 Å². The van der Waals surface area contributed by atoms with E-state index in [-0.39, 0.29) is 4.90 Å². The van der Waals surface area contributed by atoms with Crippen LogP contribution in [-0.2, 0) is 9.84 Å². The first-order valence-electron chi connectivity index (χ1n) is 7.01. The van der Waals surface area contributed by atoms with Crippen LogP contribution < -0.4 is 5.32 Å². The zero-order valence-corrected chi connectivity index (χ0v) is 12.7. The molecule has 1 aliphatic heterocycles. The van der Waals surface area contributed by atoms with Crippen LogP contribution in [0.1, 0.15) is 19.8 Å². The SMILES string of the molecule is CC(CNc1ccc(S(=O)(=O)C(F)F)cc1)N1CCCC1. The Morgan fingerprint density at radius 2 is 1.76 bits per heavy atom. The van der Waals surface area contributed by atoms with E-state index in [0.29, 0.717) is 6.04 Å². The molecule has 0 bridgehead atoms. The van der Waals surface area contributed by atoms with Crippen molar-refractivity contribution in [2.75, 3.05) is 25.0 Å². The van der Waals surface area contributed by atoms with E-state index in [1.807, 2.05) is 0 Å². The molecule has 1 aromatic carbocycles. The van der Waals surface area contributed by atoms with E-state index in [1.54, 1.807) is 0 Å². The number of nitrogens with zero attached hydrogens (tertiary/aromatic N) is 1. The monoisotopic (exact) mass is 318 g/mol. The summed E-state index contributed by atoms with van der Waals surface area (Å²) in [5.74, 6) is -3.38. The second kappa shape index (κ2) is 6.70. The molecular weight excluding hydrogens is 298 g/mol. The van der Waals surface area contributed by atoms with Crippen LogP contribution in [0.25, 0.3) is 0 Å². The highest BCUT2D eigenvalue weighted by Crippen LogP contribution is 2.20. The summed E-state index contributed by atoms with van der Waals surface area (Å²) in [6, 6.07) is 5.85. The number of hydrogen-bond donors (Lipinski definition) is 1. The summed E-state index contributed by atoms with van der Waals surface area (Å²) >= 11 is 0. The van der Waals surface area contributed by atoms with Gasteiger partial charge in [0.1, 0.15) is 0 Å². The lowest BCUT2D eigenvalue weighted by molar-refractivity contribution is 0.234. The topological polar surface area (TPSA) is 49.4 Å². The van der Waals surface area contributed by atoms with E-state index >= 15 is 0 Å². The van der Waals surface area contributed by atoms with Crippen molar-refractivity contribution < 1.29 is 17.2 Å². The van der Waals surface area contributed by atoms with Gasteiger partial charge in [0, 0.05) is 18.3 Å². The fourth-order valence-electron chi connectivity index (χ4n) is 2.44. The van der Waals surface area contributed by atoms with Crippen molar-refractivity contribution in [3.8, 4) is 0 Å². The Bertz CT molecular complexity index is 555. The molecule has 1 unspecified atom stereocenters. The van der Waals surface area contributed by atoms with Gasteiger partial charge in [-0.25, -0.2) is 8.42 Å². The highest BCUT2D eigenvalue weighted by Gasteiger charge is 2.26. The molecule has 118 valence electrons. The van der Waals surface area contributed by atoms with Gasteiger partial charge in [-0.05, 0) is 57.1 Å². The summed E-state index contributed by atoms with van der Waals surface area (Å²) in [4.78, 5) is 2.04. The molecule has 7 heteroatoms. The molecule has 2 rings (SSSR count). The summed E-state index contributed by atoms with van der Waals surface area (Å²) in [5.41, 5.74) is 0.731. The second-order valence-corrected chi connectivity index (χ2v) is 7.22. The molecule has 1 atom stereocenters. The van der Waals surface area contributed by atoms with Gasteiger partial charge in [0.05, 0.1) is 4.90 Å². The average Bonchev–Trinajstić information content (AvgIpc) is 2.99. The van der Waals surface area contributed by atoms with Crippen molar-refractivity contribution in [3.05, 3.63) is 24.3 Å². The maximum Gasteiger partial charge on any atom is 0.341 e. The molecule has 1 fully saturated rings. The summed E-state index contributed by atoms with van der Waals surface area (Å²) in [5, 5.41) is 3.21. The van der Waals surface area contributed by atoms with Crippen LogP contribution in [0.15, 0.2) is 29.2 Å². The first-order chi connectivity index (χ1) is 9.91. The van der Waals surface area contributed by atoms with Crippen molar-refractivity contribution in [1.29, 1.82) is 0 Å². The molecular formula is C14H20F2N2O2S. The standard InChI is InChI=1S/C14H20F2N2O2S/c1-11(18-8-2-3-9-18)10-17-12-4-6-13(7-5-12)21(19,20)14(15)16/h4-7,11,14,17H,2-3,8-10H2,1H3. The molecule has 0 radical (unpaired) electrons. The molecule has 1 N–H and O–H groups in total. The summed E-state index contributed by atoms with van der Waals surface area (Å²) in [6.45, 7) is 5.08. The zero-order valence-electron chi connectivity index (χ0n) is 11.9. The molecule has 0 aromatic heterocycles. The molecule has 21 heavy (non-hydrogen) atoms. The number of hydrogen-bond acceptors (Lipinski definition) is 4. The minimum atomic E-state index is -4.51. The summed E-state index contributed by atoms with van der Waals surface area (Å²) in [7, 11) is -4.51. The third-order valence-electron chi connectivity index (χ3n) is 3.78.